The highest BCUT2D eigenvalue weighted by Crippen LogP contribution is 2.22. The maximum absolute atomic E-state index is 12.1. The molecule has 2 nitrogen and oxygen atoms in total. The molecule has 0 atom stereocenters. The quantitative estimate of drug-likeness (QED) is 0.826. The van der Waals surface area contributed by atoms with E-state index in [0.29, 0.717) is 16.6 Å². The van der Waals surface area contributed by atoms with Gasteiger partial charge in [-0.2, -0.15) is 0 Å². The number of halogens is 2. The van der Waals surface area contributed by atoms with E-state index >= 15 is 0 Å². The van der Waals surface area contributed by atoms with Gasteiger partial charge < -0.3 is 4.90 Å². The Morgan fingerprint density at radius 1 is 1.33 bits per heavy atom. The van der Waals surface area contributed by atoms with Gasteiger partial charge in [0.25, 0.3) is 5.91 Å². The second-order valence-electron chi connectivity index (χ2n) is 3.87. The van der Waals surface area contributed by atoms with Crippen LogP contribution >= 0.6 is 34.5 Å². The van der Waals surface area contributed by atoms with E-state index in [1.165, 1.54) is 11.3 Å². The molecule has 2 aromatic rings. The molecule has 18 heavy (non-hydrogen) atoms. The standard InChI is InChI=1S/C13H11Cl2NOS/c1-16(13(17)12-3-2-6-18-12)8-9-4-5-10(14)7-11(9)15/h2-7H,8H2,1H3. The molecule has 0 aliphatic heterocycles. The topological polar surface area (TPSA) is 20.3 Å². The van der Waals surface area contributed by atoms with Gasteiger partial charge in [-0.15, -0.1) is 11.3 Å². The number of benzene rings is 1. The number of nitrogens with zero attached hydrogens (tertiary/aromatic N) is 1. The molecule has 0 fully saturated rings. The van der Waals surface area contributed by atoms with Crippen molar-refractivity contribution in [3.8, 4) is 0 Å². The molecule has 0 bridgehead atoms. The molecule has 0 spiro atoms. The highest BCUT2D eigenvalue weighted by molar-refractivity contribution is 7.12. The Morgan fingerprint density at radius 2 is 2.11 bits per heavy atom. The molecular formula is C13H11Cl2NOS. The normalized spacial score (nSPS) is 10.4. The highest BCUT2D eigenvalue weighted by Gasteiger charge is 2.14. The third-order valence-electron chi connectivity index (χ3n) is 2.50. The lowest BCUT2D eigenvalue weighted by molar-refractivity contribution is 0.0790. The number of carbonyl (C=O) groups excluding carboxylic acids is 1. The zero-order valence-electron chi connectivity index (χ0n) is 9.69. The van der Waals surface area contributed by atoms with Crippen LogP contribution in [0.5, 0.6) is 0 Å². The molecular weight excluding hydrogens is 289 g/mol. The van der Waals surface area contributed by atoms with Crippen LogP contribution in [0.2, 0.25) is 10.0 Å². The van der Waals surface area contributed by atoms with E-state index in [1.54, 1.807) is 24.1 Å². The van der Waals surface area contributed by atoms with Crippen LogP contribution in [0.25, 0.3) is 0 Å². The summed E-state index contributed by atoms with van der Waals surface area (Å²) >= 11 is 13.3. The second kappa shape index (κ2) is 5.74. The van der Waals surface area contributed by atoms with Crippen molar-refractivity contribution < 1.29 is 4.79 Å². The van der Waals surface area contributed by atoms with Crippen molar-refractivity contribution >= 4 is 40.4 Å². The van der Waals surface area contributed by atoms with Gasteiger partial charge in [0.1, 0.15) is 0 Å². The summed E-state index contributed by atoms with van der Waals surface area (Å²) in [5, 5.41) is 3.06. The molecule has 2 rings (SSSR count). The Bertz CT molecular complexity index is 554. The van der Waals surface area contributed by atoms with Gasteiger partial charge in [-0.25, -0.2) is 0 Å². The van der Waals surface area contributed by atoms with Crippen LogP contribution in [-0.4, -0.2) is 17.9 Å². The largest absolute Gasteiger partial charge is 0.337 e. The lowest BCUT2D eigenvalue weighted by Gasteiger charge is -2.17. The molecule has 0 aliphatic rings. The molecule has 0 saturated heterocycles. The summed E-state index contributed by atoms with van der Waals surface area (Å²) in [6, 6.07) is 8.96. The van der Waals surface area contributed by atoms with Crippen molar-refractivity contribution in [1.82, 2.24) is 4.90 Å². The summed E-state index contributed by atoms with van der Waals surface area (Å²) in [5.74, 6) is -0.00369. The van der Waals surface area contributed by atoms with Crippen LogP contribution in [-0.2, 0) is 6.54 Å². The molecule has 0 saturated carbocycles. The maximum atomic E-state index is 12.1. The van der Waals surface area contributed by atoms with Crippen molar-refractivity contribution in [1.29, 1.82) is 0 Å². The number of rotatable bonds is 3. The van der Waals surface area contributed by atoms with Gasteiger partial charge in [-0.05, 0) is 29.1 Å². The molecule has 0 unspecified atom stereocenters. The Hall–Kier alpha value is -1.03. The summed E-state index contributed by atoms with van der Waals surface area (Å²) in [6.45, 7) is 0.465. The van der Waals surface area contributed by atoms with E-state index in [0.717, 1.165) is 10.4 Å². The van der Waals surface area contributed by atoms with Gasteiger partial charge in [0.15, 0.2) is 0 Å². The molecule has 94 valence electrons. The average Bonchev–Trinajstić information content (AvgIpc) is 2.85. The van der Waals surface area contributed by atoms with Crippen molar-refractivity contribution in [2.24, 2.45) is 0 Å². The number of carbonyl (C=O) groups is 1. The molecule has 1 aromatic heterocycles. The summed E-state index contributed by atoms with van der Waals surface area (Å²) in [4.78, 5) is 14.4. The molecule has 1 amide bonds. The van der Waals surface area contributed by atoms with Crippen molar-refractivity contribution in [3.05, 3.63) is 56.2 Å². The van der Waals surface area contributed by atoms with E-state index in [2.05, 4.69) is 0 Å². The Kier molecular flexibility index (Phi) is 4.27. The minimum absolute atomic E-state index is 0.00369. The number of thiophene rings is 1. The predicted octanol–water partition coefficient (Wildman–Crippen LogP) is 4.33. The molecule has 0 aliphatic carbocycles. The Balaban J connectivity index is 2.11. The highest BCUT2D eigenvalue weighted by atomic mass is 35.5. The molecule has 0 radical (unpaired) electrons. The van der Waals surface area contributed by atoms with Gasteiger partial charge in [-0.1, -0.05) is 35.3 Å². The lowest BCUT2D eigenvalue weighted by Crippen LogP contribution is -2.25. The van der Waals surface area contributed by atoms with Gasteiger partial charge in [-0.3, -0.25) is 4.79 Å². The summed E-state index contributed by atoms with van der Waals surface area (Å²) in [7, 11) is 1.76. The third-order valence-corrected chi connectivity index (χ3v) is 3.95. The first kappa shape index (κ1) is 13.4. The Labute approximate surface area is 120 Å². The summed E-state index contributed by atoms with van der Waals surface area (Å²) in [5.41, 5.74) is 0.883. The summed E-state index contributed by atoms with van der Waals surface area (Å²) in [6.07, 6.45) is 0. The minimum atomic E-state index is -0.00369. The first-order valence-electron chi connectivity index (χ1n) is 5.31. The zero-order chi connectivity index (χ0) is 13.1. The first-order chi connectivity index (χ1) is 8.58. The maximum Gasteiger partial charge on any atom is 0.263 e. The number of hydrogen-bond acceptors (Lipinski definition) is 2. The van der Waals surface area contributed by atoms with Crippen molar-refractivity contribution in [3.63, 3.8) is 0 Å². The molecule has 1 heterocycles. The second-order valence-corrected chi connectivity index (χ2v) is 5.67. The van der Waals surface area contributed by atoms with E-state index in [1.807, 2.05) is 23.6 Å². The number of amides is 1. The van der Waals surface area contributed by atoms with E-state index < -0.39 is 0 Å². The van der Waals surface area contributed by atoms with Crippen LogP contribution in [0.3, 0.4) is 0 Å². The van der Waals surface area contributed by atoms with Crippen LogP contribution < -0.4 is 0 Å². The monoisotopic (exact) mass is 299 g/mol. The van der Waals surface area contributed by atoms with E-state index in [9.17, 15) is 4.79 Å². The minimum Gasteiger partial charge on any atom is -0.337 e. The zero-order valence-corrected chi connectivity index (χ0v) is 12.0. The van der Waals surface area contributed by atoms with Crippen LogP contribution in [0.1, 0.15) is 15.2 Å². The fourth-order valence-electron chi connectivity index (χ4n) is 1.57. The predicted molar refractivity (Wildman–Crippen MR) is 76.6 cm³/mol. The van der Waals surface area contributed by atoms with Crippen molar-refractivity contribution in [2.45, 2.75) is 6.54 Å². The molecule has 5 heteroatoms. The van der Waals surface area contributed by atoms with Gasteiger partial charge >= 0.3 is 0 Å². The first-order valence-corrected chi connectivity index (χ1v) is 6.94. The smallest absolute Gasteiger partial charge is 0.263 e. The van der Waals surface area contributed by atoms with E-state index in [-0.39, 0.29) is 5.91 Å². The van der Waals surface area contributed by atoms with Crippen LogP contribution in [0.4, 0.5) is 0 Å². The lowest BCUT2D eigenvalue weighted by atomic mass is 10.2. The fourth-order valence-corrected chi connectivity index (χ4v) is 2.75. The SMILES string of the molecule is CN(Cc1ccc(Cl)cc1Cl)C(=O)c1cccs1. The van der Waals surface area contributed by atoms with Gasteiger partial charge in [0.2, 0.25) is 0 Å². The third kappa shape index (κ3) is 3.05. The summed E-state index contributed by atoms with van der Waals surface area (Å²) < 4.78 is 0. The van der Waals surface area contributed by atoms with Gasteiger partial charge in [0.05, 0.1) is 4.88 Å². The van der Waals surface area contributed by atoms with Crippen LogP contribution in [0.15, 0.2) is 35.7 Å². The average molecular weight is 300 g/mol. The van der Waals surface area contributed by atoms with Crippen molar-refractivity contribution in [2.75, 3.05) is 7.05 Å². The molecule has 0 N–H and O–H groups in total. The fraction of sp³-hybridized carbons (Fsp3) is 0.154. The Morgan fingerprint density at radius 3 is 2.72 bits per heavy atom. The molecule has 1 aromatic carbocycles. The van der Waals surface area contributed by atoms with Gasteiger partial charge in [0, 0.05) is 23.6 Å². The van der Waals surface area contributed by atoms with Crippen LogP contribution in [0, 0.1) is 0 Å². The number of hydrogen-bond donors (Lipinski definition) is 0. The van der Waals surface area contributed by atoms with E-state index in [4.69, 9.17) is 23.2 Å².